The fourth-order valence-corrected chi connectivity index (χ4v) is 3.98. The van der Waals surface area contributed by atoms with Gasteiger partial charge in [0.05, 0.1) is 24.4 Å². The minimum absolute atomic E-state index is 0.0610. The number of halogens is 1. The van der Waals surface area contributed by atoms with Crippen molar-refractivity contribution in [1.29, 1.82) is 0 Å². The van der Waals surface area contributed by atoms with Crippen LogP contribution < -0.4 is 9.47 Å². The molecule has 1 fully saturated rings. The highest BCUT2D eigenvalue weighted by Crippen LogP contribution is 2.42. The molecule has 1 amide bonds. The van der Waals surface area contributed by atoms with E-state index in [4.69, 9.17) is 13.9 Å². The van der Waals surface area contributed by atoms with Gasteiger partial charge in [-0.2, -0.15) is 0 Å². The first-order valence-electron chi connectivity index (χ1n) is 10.00. The number of likely N-dealkylation sites (tertiary alicyclic amines) is 1. The van der Waals surface area contributed by atoms with Gasteiger partial charge in [-0.05, 0) is 36.4 Å². The number of Topliss-reactive ketones (excluding diaryl/α,β-unsaturated/α-hetero) is 1. The van der Waals surface area contributed by atoms with Gasteiger partial charge in [-0.15, -0.1) is 0 Å². The lowest BCUT2D eigenvalue weighted by Crippen LogP contribution is -2.29. The Kier molecular flexibility index (Phi) is 4.89. The summed E-state index contributed by atoms with van der Waals surface area (Å²) in [5.41, 5.74) is 0.146. The van der Waals surface area contributed by atoms with E-state index in [1.165, 1.54) is 35.4 Å². The third kappa shape index (κ3) is 3.30. The van der Waals surface area contributed by atoms with Crippen LogP contribution >= 0.6 is 0 Å². The molecule has 1 unspecified atom stereocenters. The molecule has 1 aromatic heterocycles. The van der Waals surface area contributed by atoms with E-state index in [1.807, 2.05) is 0 Å². The van der Waals surface area contributed by atoms with Crippen molar-refractivity contribution in [3.8, 4) is 11.5 Å². The molecule has 0 aliphatic carbocycles. The van der Waals surface area contributed by atoms with Gasteiger partial charge in [-0.25, -0.2) is 4.39 Å². The van der Waals surface area contributed by atoms with Gasteiger partial charge in [-0.1, -0.05) is 18.2 Å². The Morgan fingerprint density at radius 1 is 1.03 bits per heavy atom. The second-order valence-electron chi connectivity index (χ2n) is 7.39. The van der Waals surface area contributed by atoms with Crippen molar-refractivity contribution in [2.24, 2.45) is 0 Å². The van der Waals surface area contributed by atoms with Crippen LogP contribution in [0.2, 0.25) is 0 Å². The minimum atomic E-state index is -1.13. The summed E-state index contributed by atoms with van der Waals surface area (Å²) in [6.07, 6.45) is 1.44. The highest BCUT2D eigenvalue weighted by atomic mass is 19.1. The maximum atomic E-state index is 14.8. The summed E-state index contributed by atoms with van der Waals surface area (Å²) in [5, 5.41) is 11.1. The van der Waals surface area contributed by atoms with Crippen molar-refractivity contribution in [2.75, 3.05) is 13.2 Å². The van der Waals surface area contributed by atoms with E-state index >= 15 is 0 Å². The van der Waals surface area contributed by atoms with Gasteiger partial charge < -0.3 is 23.9 Å². The van der Waals surface area contributed by atoms with Gasteiger partial charge in [0.15, 0.2) is 11.5 Å². The average molecular weight is 435 g/mol. The Morgan fingerprint density at radius 3 is 2.56 bits per heavy atom. The number of carbonyl (C=O) groups excluding carboxylic acids is 2. The number of hydrogen-bond donors (Lipinski definition) is 1. The number of ether oxygens (including phenoxy) is 2. The van der Waals surface area contributed by atoms with Crippen LogP contribution in [0.15, 0.2) is 70.9 Å². The maximum Gasteiger partial charge on any atom is 0.296 e. The fraction of sp³-hybridized carbons (Fsp3) is 0.167. The molecule has 3 heterocycles. The number of rotatable bonds is 4. The van der Waals surface area contributed by atoms with Gasteiger partial charge >= 0.3 is 0 Å². The lowest BCUT2D eigenvalue weighted by atomic mass is 9.94. The van der Waals surface area contributed by atoms with Crippen LogP contribution in [0.25, 0.3) is 5.76 Å². The standard InChI is InChI=1S/C24H18FNO6/c25-17-6-2-1-5-16(17)21-20(23(28)24(29)26(21)13-15-4-3-9-30-15)22(27)14-7-8-18-19(12-14)32-11-10-31-18/h1-9,12,21,27H,10-11,13H2/b22-20+. The molecule has 32 heavy (non-hydrogen) atoms. The third-order valence-corrected chi connectivity index (χ3v) is 5.46. The molecule has 1 atom stereocenters. The van der Waals surface area contributed by atoms with E-state index in [-0.39, 0.29) is 23.2 Å². The smallest absolute Gasteiger partial charge is 0.296 e. The normalized spacial score (nSPS) is 19.4. The van der Waals surface area contributed by atoms with Crippen molar-refractivity contribution < 1.29 is 33.0 Å². The van der Waals surface area contributed by atoms with E-state index < -0.39 is 29.3 Å². The Balaban J connectivity index is 1.65. The zero-order chi connectivity index (χ0) is 22.2. The highest BCUT2D eigenvalue weighted by Gasteiger charge is 2.47. The number of aliphatic hydroxyl groups is 1. The molecule has 0 radical (unpaired) electrons. The van der Waals surface area contributed by atoms with Crippen molar-refractivity contribution in [3.05, 3.63) is 89.1 Å². The molecule has 1 N–H and O–H groups in total. The number of furan rings is 1. The fourth-order valence-electron chi connectivity index (χ4n) is 3.98. The van der Waals surface area contributed by atoms with Gasteiger partial charge in [0, 0.05) is 11.1 Å². The molecular formula is C24H18FNO6. The van der Waals surface area contributed by atoms with Crippen LogP contribution in [0.4, 0.5) is 4.39 Å². The van der Waals surface area contributed by atoms with Crippen molar-refractivity contribution >= 4 is 17.4 Å². The van der Waals surface area contributed by atoms with Gasteiger partial charge in [0.2, 0.25) is 0 Å². The van der Waals surface area contributed by atoms with Crippen molar-refractivity contribution in [1.82, 2.24) is 4.90 Å². The summed E-state index contributed by atoms with van der Waals surface area (Å²) in [4.78, 5) is 27.1. The summed E-state index contributed by atoms with van der Waals surface area (Å²) in [6, 6.07) is 12.7. The topological polar surface area (TPSA) is 89.2 Å². The Hall–Kier alpha value is -4.07. The Labute approximate surface area is 182 Å². The first-order chi connectivity index (χ1) is 15.5. The lowest BCUT2D eigenvalue weighted by molar-refractivity contribution is -0.140. The minimum Gasteiger partial charge on any atom is -0.507 e. The van der Waals surface area contributed by atoms with Crippen molar-refractivity contribution in [3.63, 3.8) is 0 Å². The second kappa shape index (κ2) is 7.88. The highest BCUT2D eigenvalue weighted by molar-refractivity contribution is 6.46. The number of benzene rings is 2. The third-order valence-electron chi connectivity index (χ3n) is 5.46. The molecule has 7 nitrogen and oxygen atoms in total. The van der Waals surface area contributed by atoms with Crippen molar-refractivity contribution in [2.45, 2.75) is 12.6 Å². The van der Waals surface area contributed by atoms with Crippen LogP contribution in [0.3, 0.4) is 0 Å². The predicted octanol–water partition coefficient (Wildman–Crippen LogP) is 3.81. The SMILES string of the molecule is O=C1C(=O)N(Cc2ccco2)C(c2ccccc2F)/C1=C(\O)c1ccc2c(c1)OCCO2. The molecule has 5 rings (SSSR count). The van der Waals surface area contributed by atoms with Gasteiger partial charge in [-0.3, -0.25) is 9.59 Å². The summed E-state index contributed by atoms with van der Waals surface area (Å²) in [7, 11) is 0. The molecule has 8 heteroatoms. The summed E-state index contributed by atoms with van der Waals surface area (Å²) < 4.78 is 31.2. The van der Waals surface area contributed by atoms with E-state index in [0.29, 0.717) is 30.5 Å². The monoisotopic (exact) mass is 435 g/mol. The molecule has 2 aliphatic heterocycles. The Bertz CT molecular complexity index is 1230. The first kappa shape index (κ1) is 19.9. The second-order valence-corrected chi connectivity index (χ2v) is 7.39. The molecule has 3 aromatic rings. The summed E-state index contributed by atoms with van der Waals surface area (Å²) in [5.74, 6) is -1.43. The van der Waals surface area contributed by atoms with Crippen LogP contribution in [-0.4, -0.2) is 34.9 Å². The van der Waals surface area contributed by atoms with Crippen LogP contribution in [0.5, 0.6) is 11.5 Å². The number of amides is 1. The molecule has 0 bridgehead atoms. The number of ketones is 1. The molecule has 162 valence electrons. The van der Waals surface area contributed by atoms with E-state index in [2.05, 4.69) is 0 Å². The van der Waals surface area contributed by atoms with Gasteiger partial charge in [0.25, 0.3) is 11.7 Å². The quantitative estimate of drug-likeness (QED) is 0.381. The molecule has 1 saturated heterocycles. The zero-order valence-corrected chi connectivity index (χ0v) is 16.8. The summed E-state index contributed by atoms with van der Waals surface area (Å²) in [6.45, 7) is 0.692. The van der Waals surface area contributed by atoms with Crippen LogP contribution in [-0.2, 0) is 16.1 Å². The van der Waals surface area contributed by atoms with Gasteiger partial charge in [0.1, 0.15) is 30.6 Å². The number of fused-ring (bicyclic) bond motifs is 1. The molecule has 0 spiro atoms. The molecule has 0 saturated carbocycles. The molecule has 2 aromatic carbocycles. The molecular weight excluding hydrogens is 417 g/mol. The lowest BCUT2D eigenvalue weighted by Gasteiger charge is -2.25. The number of carbonyl (C=O) groups is 2. The van der Waals surface area contributed by atoms with Crippen LogP contribution in [0, 0.1) is 5.82 Å². The zero-order valence-electron chi connectivity index (χ0n) is 16.8. The maximum absolute atomic E-state index is 14.8. The van der Waals surface area contributed by atoms with Crippen LogP contribution in [0.1, 0.15) is 22.9 Å². The van der Waals surface area contributed by atoms with E-state index in [9.17, 15) is 19.1 Å². The molecule has 2 aliphatic rings. The largest absolute Gasteiger partial charge is 0.507 e. The van der Waals surface area contributed by atoms with E-state index in [1.54, 1.807) is 30.3 Å². The van der Waals surface area contributed by atoms with E-state index in [0.717, 1.165) is 0 Å². The first-order valence-corrected chi connectivity index (χ1v) is 10.00. The summed E-state index contributed by atoms with van der Waals surface area (Å²) >= 11 is 0. The average Bonchev–Trinajstić information content (AvgIpc) is 3.41. The predicted molar refractivity (Wildman–Crippen MR) is 110 cm³/mol. The Morgan fingerprint density at radius 2 is 1.81 bits per heavy atom. The number of nitrogens with zero attached hydrogens (tertiary/aromatic N) is 1. The number of hydrogen-bond acceptors (Lipinski definition) is 6. The number of aliphatic hydroxyl groups excluding tert-OH is 1.